The molecule has 2 amide bonds. The van der Waals surface area contributed by atoms with Crippen LogP contribution in [0.15, 0.2) is 30.3 Å². The first-order valence-corrected chi connectivity index (χ1v) is 10.8. The Morgan fingerprint density at radius 3 is 2.78 bits per heavy atom. The molecule has 168 valence electrons. The molecule has 1 aromatic carbocycles. The zero-order valence-electron chi connectivity index (χ0n) is 18.7. The number of nitrogens with zero attached hydrogens (tertiary/aromatic N) is 5. The van der Waals surface area contributed by atoms with Crippen LogP contribution in [0.5, 0.6) is 0 Å². The van der Waals surface area contributed by atoms with Gasteiger partial charge >= 0.3 is 0 Å². The second-order valence-corrected chi connectivity index (χ2v) is 8.05. The number of hydrogen-bond acceptors (Lipinski definition) is 6. The summed E-state index contributed by atoms with van der Waals surface area (Å²) in [6, 6.07) is 9.51. The molecule has 1 atom stereocenters. The lowest BCUT2D eigenvalue weighted by molar-refractivity contribution is -0.131. The number of fused-ring (bicyclic) bond motifs is 1. The molecule has 1 fully saturated rings. The number of ether oxygens (including phenoxy) is 1. The molecular formula is C23H28N6O3. The molecule has 1 aliphatic rings. The largest absolute Gasteiger partial charge is 0.383 e. The molecule has 0 aliphatic carbocycles. The molecule has 3 heterocycles. The van der Waals surface area contributed by atoms with Gasteiger partial charge in [0.1, 0.15) is 18.2 Å². The normalized spacial score (nSPS) is 16.0. The van der Waals surface area contributed by atoms with Crippen molar-refractivity contribution in [1.29, 1.82) is 0 Å². The van der Waals surface area contributed by atoms with Crippen molar-refractivity contribution < 1.29 is 14.3 Å². The Bertz CT molecular complexity index is 1140. The Labute approximate surface area is 186 Å². The van der Waals surface area contributed by atoms with Crippen molar-refractivity contribution in [3.63, 3.8) is 0 Å². The zero-order valence-corrected chi connectivity index (χ0v) is 18.7. The number of carbonyl (C=O) groups excluding carboxylic acids is 2. The highest BCUT2D eigenvalue weighted by atomic mass is 16.5. The highest BCUT2D eigenvalue weighted by molar-refractivity contribution is 6.06. The average molecular weight is 437 g/mol. The van der Waals surface area contributed by atoms with E-state index in [2.05, 4.69) is 15.4 Å². The lowest BCUT2D eigenvalue weighted by atomic mass is 9.99. The molecule has 9 nitrogen and oxygen atoms in total. The summed E-state index contributed by atoms with van der Waals surface area (Å²) in [5.41, 5.74) is 2.21. The number of amides is 2. The molecule has 1 N–H and O–H groups in total. The standard InChI is InChI=1S/C23H28N6O3/c1-15-25-16(2)29(27-15)14-22(30)28-10-8-17(13-28)21-12-19(23(31)24-9-11-32-3)18-6-4-5-7-20(18)26-21/h4-7,12,17H,8-11,13-14H2,1-3H3,(H,24,31)/t17-/m0/s1. The molecule has 3 aromatic rings. The van der Waals surface area contributed by atoms with E-state index in [1.165, 1.54) is 0 Å². The summed E-state index contributed by atoms with van der Waals surface area (Å²) >= 11 is 0. The Hall–Kier alpha value is -3.33. The summed E-state index contributed by atoms with van der Waals surface area (Å²) in [4.78, 5) is 36.6. The second-order valence-electron chi connectivity index (χ2n) is 8.05. The number of methoxy groups -OCH3 is 1. The van der Waals surface area contributed by atoms with E-state index < -0.39 is 0 Å². The third kappa shape index (κ3) is 4.62. The third-order valence-corrected chi connectivity index (χ3v) is 5.78. The Balaban J connectivity index is 1.52. The molecule has 1 saturated heterocycles. The molecular weight excluding hydrogens is 408 g/mol. The number of hydrogen-bond donors (Lipinski definition) is 1. The van der Waals surface area contributed by atoms with Crippen molar-refractivity contribution in [2.45, 2.75) is 32.7 Å². The predicted molar refractivity (Wildman–Crippen MR) is 119 cm³/mol. The number of aryl methyl sites for hydroxylation is 2. The maximum absolute atomic E-state index is 12.8. The maximum Gasteiger partial charge on any atom is 0.252 e. The van der Waals surface area contributed by atoms with Gasteiger partial charge in [-0.05, 0) is 32.4 Å². The summed E-state index contributed by atoms with van der Waals surface area (Å²) in [6.07, 6.45) is 0.803. The van der Waals surface area contributed by atoms with Crippen LogP contribution in [-0.2, 0) is 16.1 Å². The molecule has 32 heavy (non-hydrogen) atoms. The SMILES string of the molecule is COCCNC(=O)c1cc([C@H]2CCN(C(=O)Cn3nc(C)nc3C)C2)nc2ccccc12. The van der Waals surface area contributed by atoms with E-state index in [1.54, 1.807) is 11.8 Å². The summed E-state index contributed by atoms with van der Waals surface area (Å²) in [6.45, 7) is 5.95. The van der Waals surface area contributed by atoms with Crippen LogP contribution in [-0.4, -0.2) is 69.8 Å². The van der Waals surface area contributed by atoms with E-state index in [9.17, 15) is 9.59 Å². The molecule has 1 aliphatic heterocycles. The molecule has 0 saturated carbocycles. The maximum atomic E-state index is 12.8. The minimum absolute atomic E-state index is 0.0128. The minimum atomic E-state index is -0.148. The number of rotatable bonds is 7. The lowest BCUT2D eigenvalue weighted by Crippen LogP contribution is -2.32. The Morgan fingerprint density at radius 1 is 1.22 bits per heavy atom. The van der Waals surface area contributed by atoms with E-state index in [1.807, 2.05) is 49.1 Å². The molecule has 9 heteroatoms. The van der Waals surface area contributed by atoms with Gasteiger partial charge in [-0.15, -0.1) is 0 Å². The van der Waals surface area contributed by atoms with Crippen molar-refractivity contribution in [3.05, 3.63) is 53.2 Å². The number of para-hydroxylation sites is 1. The van der Waals surface area contributed by atoms with Crippen molar-refractivity contribution in [3.8, 4) is 0 Å². The second kappa shape index (κ2) is 9.44. The van der Waals surface area contributed by atoms with Crippen LogP contribution >= 0.6 is 0 Å². The Kier molecular flexibility index (Phi) is 6.45. The van der Waals surface area contributed by atoms with E-state index in [0.29, 0.717) is 37.6 Å². The van der Waals surface area contributed by atoms with Gasteiger partial charge in [-0.3, -0.25) is 14.6 Å². The summed E-state index contributed by atoms with van der Waals surface area (Å²) in [5, 5.41) is 8.00. The minimum Gasteiger partial charge on any atom is -0.383 e. The van der Waals surface area contributed by atoms with Crippen molar-refractivity contribution >= 4 is 22.7 Å². The van der Waals surface area contributed by atoms with Gasteiger partial charge in [-0.1, -0.05) is 18.2 Å². The van der Waals surface area contributed by atoms with Gasteiger partial charge in [-0.25, -0.2) is 9.67 Å². The summed E-state index contributed by atoms with van der Waals surface area (Å²) in [7, 11) is 1.60. The molecule has 0 spiro atoms. The number of nitrogens with one attached hydrogen (secondary N) is 1. The number of likely N-dealkylation sites (tertiary alicyclic amines) is 1. The van der Waals surface area contributed by atoms with Gasteiger partial charge in [0.25, 0.3) is 5.91 Å². The molecule has 0 unspecified atom stereocenters. The van der Waals surface area contributed by atoms with Gasteiger partial charge in [0.2, 0.25) is 5.91 Å². The first kappa shape index (κ1) is 21.9. The van der Waals surface area contributed by atoms with Gasteiger partial charge in [0.15, 0.2) is 0 Å². The smallest absolute Gasteiger partial charge is 0.252 e. The number of carbonyl (C=O) groups is 2. The molecule has 2 aromatic heterocycles. The van der Waals surface area contributed by atoms with Crippen LogP contribution in [0.2, 0.25) is 0 Å². The highest BCUT2D eigenvalue weighted by Gasteiger charge is 2.29. The van der Waals surface area contributed by atoms with E-state index in [0.717, 1.165) is 28.8 Å². The molecule has 0 radical (unpaired) electrons. The summed E-state index contributed by atoms with van der Waals surface area (Å²) < 4.78 is 6.67. The average Bonchev–Trinajstić information content (AvgIpc) is 3.39. The van der Waals surface area contributed by atoms with Crippen molar-refractivity contribution in [2.75, 3.05) is 33.4 Å². The fourth-order valence-electron chi connectivity index (χ4n) is 4.12. The number of aromatic nitrogens is 4. The van der Waals surface area contributed by atoms with Gasteiger partial charge in [-0.2, -0.15) is 5.10 Å². The van der Waals surface area contributed by atoms with Crippen LogP contribution in [0, 0.1) is 13.8 Å². The fourth-order valence-corrected chi connectivity index (χ4v) is 4.12. The number of benzene rings is 1. The zero-order chi connectivity index (χ0) is 22.7. The van der Waals surface area contributed by atoms with E-state index >= 15 is 0 Å². The highest BCUT2D eigenvalue weighted by Crippen LogP contribution is 2.29. The van der Waals surface area contributed by atoms with Gasteiger partial charge < -0.3 is 15.0 Å². The monoisotopic (exact) mass is 436 g/mol. The molecule has 4 rings (SSSR count). The van der Waals surface area contributed by atoms with Gasteiger partial charge in [0.05, 0.1) is 17.7 Å². The van der Waals surface area contributed by atoms with Crippen LogP contribution in [0.3, 0.4) is 0 Å². The molecule has 0 bridgehead atoms. The van der Waals surface area contributed by atoms with Crippen LogP contribution in [0.1, 0.15) is 40.0 Å². The predicted octanol–water partition coefficient (Wildman–Crippen LogP) is 1.84. The fraction of sp³-hybridized carbons (Fsp3) is 0.435. The van der Waals surface area contributed by atoms with Gasteiger partial charge in [0, 0.05) is 43.7 Å². The first-order valence-electron chi connectivity index (χ1n) is 10.8. The third-order valence-electron chi connectivity index (χ3n) is 5.78. The van der Waals surface area contributed by atoms with E-state index in [4.69, 9.17) is 9.72 Å². The van der Waals surface area contributed by atoms with Crippen LogP contribution in [0.4, 0.5) is 0 Å². The van der Waals surface area contributed by atoms with Crippen molar-refractivity contribution in [1.82, 2.24) is 30.0 Å². The summed E-state index contributed by atoms with van der Waals surface area (Å²) in [5.74, 6) is 1.33. The number of pyridine rings is 1. The van der Waals surface area contributed by atoms with Crippen LogP contribution in [0.25, 0.3) is 10.9 Å². The quantitative estimate of drug-likeness (QED) is 0.567. The first-order chi connectivity index (χ1) is 15.5. The van der Waals surface area contributed by atoms with Crippen LogP contribution < -0.4 is 5.32 Å². The van der Waals surface area contributed by atoms with E-state index in [-0.39, 0.29) is 24.3 Å². The van der Waals surface area contributed by atoms with Crippen molar-refractivity contribution in [2.24, 2.45) is 0 Å². The lowest BCUT2D eigenvalue weighted by Gasteiger charge is -2.17. The Morgan fingerprint density at radius 2 is 2.03 bits per heavy atom. The topological polar surface area (TPSA) is 102 Å².